The predicted octanol–water partition coefficient (Wildman–Crippen LogP) is 6.42. The first-order chi connectivity index (χ1) is 13.1. The molecule has 0 aliphatic rings. The minimum atomic E-state index is -0.949. The number of nitrogens with zero attached hydrogens (tertiary/aromatic N) is 2. The van der Waals surface area contributed by atoms with Crippen LogP contribution in [0.15, 0.2) is 57.4 Å². The van der Waals surface area contributed by atoms with E-state index in [4.69, 9.17) is 28.3 Å². The number of carboxylic acids is 1. The maximum Gasteiger partial charge on any atom is 0.333 e. The summed E-state index contributed by atoms with van der Waals surface area (Å²) in [6.45, 7) is 7.05. The number of rotatable bonds is 4. The Kier molecular flexibility index (Phi) is 10.2. The third kappa shape index (κ3) is 8.00. The third-order valence-electron chi connectivity index (χ3n) is 3.67. The van der Waals surface area contributed by atoms with E-state index in [1.165, 1.54) is 6.92 Å². The quantitative estimate of drug-likeness (QED) is 0.226. The van der Waals surface area contributed by atoms with Crippen molar-refractivity contribution in [2.24, 2.45) is 4.99 Å². The number of hydrogen-bond donors (Lipinski definition) is 2. The van der Waals surface area contributed by atoms with Gasteiger partial charge in [0.1, 0.15) is 10.4 Å². The molecule has 0 saturated heterocycles. The molecule has 0 fully saturated rings. The summed E-state index contributed by atoms with van der Waals surface area (Å²) in [7, 11) is 0. The van der Waals surface area contributed by atoms with E-state index in [0.717, 1.165) is 22.0 Å². The number of halogens is 3. The molecule has 0 radical (unpaired) electrons. The standard InChI is InChI=1S/C12H14BrN3O2.C8H8Cl2/c1-7(12(17)18)8(2)15-9(3)16-10-5-4-6-14-11(10)13;1-2-6-5-7(9)3-4-8(6)10/h4-6H,1-3H3,(H,15,16)(H,17,18);3-5H,2H2,1H3/b8-7+;. The number of aryl methyl sites for hydroxylation is 1. The highest BCUT2D eigenvalue weighted by molar-refractivity contribution is 9.10. The maximum atomic E-state index is 10.8. The van der Waals surface area contributed by atoms with Crippen molar-refractivity contribution in [2.45, 2.75) is 34.1 Å². The molecule has 2 rings (SSSR count). The predicted molar refractivity (Wildman–Crippen MR) is 120 cm³/mol. The highest BCUT2D eigenvalue weighted by Gasteiger charge is 2.06. The van der Waals surface area contributed by atoms with Crippen LogP contribution in [0, 0.1) is 0 Å². The van der Waals surface area contributed by atoms with E-state index in [9.17, 15) is 4.79 Å². The lowest BCUT2D eigenvalue weighted by Crippen LogP contribution is -2.20. The first kappa shape index (κ1) is 24.1. The van der Waals surface area contributed by atoms with Crippen LogP contribution in [0.5, 0.6) is 0 Å². The number of carboxylic acid groups (broad SMARTS) is 1. The van der Waals surface area contributed by atoms with Gasteiger partial charge in [-0.2, -0.15) is 0 Å². The number of aliphatic carboxylic acids is 1. The van der Waals surface area contributed by atoms with Gasteiger partial charge in [-0.3, -0.25) is 0 Å². The molecule has 0 spiro atoms. The topological polar surface area (TPSA) is 74.6 Å². The van der Waals surface area contributed by atoms with Crippen LogP contribution in [0.3, 0.4) is 0 Å². The minimum absolute atomic E-state index is 0.259. The zero-order valence-electron chi connectivity index (χ0n) is 16.1. The first-order valence-corrected chi connectivity index (χ1v) is 9.98. The van der Waals surface area contributed by atoms with Gasteiger partial charge >= 0.3 is 5.97 Å². The highest BCUT2D eigenvalue weighted by Crippen LogP contribution is 2.22. The van der Waals surface area contributed by atoms with Gasteiger partial charge in [-0.05, 0) is 79.0 Å². The molecule has 2 N–H and O–H groups in total. The smallest absolute Gasteiger partial charge is 0.333 e. The summed E-state index contributed by atoms with van der Waals surface area (Å²) in [6, 6.07) is 9.10. The summed E-state index contributed by atoms with van der Waals surface area (Å²) in [5.41, 5.74) is 2.61. The summed E-state index contributed by atoms with van der Waals surface area (Å²) < 4.78 is 0.641. The van der Waals surface area contributed by atoms with Crippen molar-refractivity contribution in [3.8, 4) is 0 Å². The molecule has 1 heterocycles. The van der Waals surface area contributed by atoms with Crippen LogP contribution in [0.2, 0.25) is 10.0 Å². The largest absolute Gasteiger partial charge is 0.478 e. The molecule has 28 heavy (non-hydrogen) atoms. The second kappa shape index (κ2) is 11.8. The van der Waals surface area contributed by atoms with Crippen LogP contribution in [0.1, 0.15) is 33.3 Å². The number of aromatic nitrogens is 1. The molecule has 0 unspecified atom stereocenters. The summed E-state index contributed by atoms with van der Waals surface area (Å²) in [5, 5.41) is 13.3. The van der Waals surface area contributed by atoms with Crippen molar-refractivity contribution in [3.05, 3.63) is 68.0 Å². The summed E-state index contributed by atoms with van der Waals surface area (Å²) in [5.74, 6) is -0.350. The van der Waals surface area contributed by atoms with Crippen molar-refractivity contribution in [1.82, 2.24) is 10.3 Å². The Morgan fingerprint density at radius 1 is 1.25 bits per heavy atom. The fourth-order valence-electron chi connectivity index (χ4n) is 2.01. The molecule has 2 aromatic rings. The lowest BCUT2D eigenvalue weighted by atomic mass is 10.2. The van der Waals surface area contributed by atoms with Crippen LogP contribution in [-0.4, -0.2) is 21.9 Å². The Hall–Kier alpha value is -1.89. The molecular formula is C20H22BrCl2N3O2. The van der Waals surface area contributed by atoms with Gasteiger partial charge in [-0.15, -0.1) is 0 Å². The molecule has 1 aromatic carbocycles. The highest BCUT2D eigenvalue weighted by atomic mass is 79.9. The molecule has 0 bridgehead atoms. The Bertz CT molecular complexity index is 899. The van der Waals surface area contributed by atoms with E-state index in [1.807, 2.05) is 18.2 Å². The van der Waals surface area contributed by atoms with Gasteiger partial charge in [0.2, 0.25) is 0 Å². The summed E-state index contributed by atoms with van der Waals surface area (Å²) in [6.07, 6.45) is 2.59. The van der Waals surface area contributed by atoms with Crippen LogP contribution < -0.4 is 5.32 Å². The average molecular weight is 487 g/mol. The number of carbonyl (C=O) groups is 1. The van der Waals surface area contributed by atoms with Crippen LogP contribution in [0.25, 0.3) is 0 Å². The van der Waals surface area contributed by atoms with Gasteiger partial charge in [0.15, 0.2) is 0 Å². The monoisotopic (exact) mass is 485 g/mol. The summed E-state index contributed by atoms with van der Waals surface area (Å²) >= 11 is 14.9. The Balaban J connectivity index is 0.000000330. The number of hydrogen-bond acceptors (Lipinski definition) is 3. The Labute approximate surface area is 183 Å². The van der Waals surface area contributed by atoms with Gasteiger partial charge in [-0.1, -0.05) is 30.1 Å². The molecule has 0 saturated carbocycles. The van der Waals surface area contributed by atoms with E-state index in [0.29, 0.717) is 21.8 Å². The molecule has 5 nitrogen and oxygen atoms in total. The SMILES string of the molecule is CC(=Nc1cccnc1Br)N/C(C)=C(\C)C(=O)O.CCc1cc(Cl)ccc1Cl. The van der Waals surface area contributed by atoms with Gasteiger partial charge in [0, 0.05) is 21.9 Å². The average Bonchev–Trinajstić information content (AvgIpc) is 2.65. The normalized spacial score (nSPS) is 11.9. The number of aliphatic imine (C=N–C) groups is 1. The van der Waals surface area contributed by atoms with Crippen LogP contribution >= 0.6 is 39.1 Å². The Morgan fingerprint density at radius 2 is 1.93 bits per heavy atom. The van der Waals surface area contributed by atoms with Crippen molar-refractivity contribution in [1.29, 1.82) is 0 Å². The van der Waals surface area contributed by atoms with Gasteiger partial charge in [0.05, 0.1) is 11.3 Å². The molecule has 0 aliphatic carbocycles. The van der Waals surface area contributed by atoms with E-state index in [2.05, 4.69) is 38.1 Å². The van der Waals surface area contributed by atoms with Gasteiger partial charge < -0.3 is 10.4 Å². The molecule has 150 valence electrons. The number of pyridine rings is 1. The maximum absolute atomic E-state index is 10.8. The fourth-order valence-corrected chi connectivity index (χ4v) is 2.79. The van der Waals surface area contributed by atoms with Crippen molar-refractivity contribution in [2.75, 3.05) is 0 Å². The molecule has 1 aromatic heterocycles. The molecule has 0 amide bonds. The third-order valence-corrected chi connectivity index (χ3v) is 4.88. The number of allylic oxidation sites excluding steroid dienone is 1. The van der Waals surface area contributed by atoms with E-state index in [-0.39, 0.29) is 5.57 Å². The van der Waals surface area contributed by atoms with Crippen LogP contribution in [-0.2, 0) is 11.2 Å². The van der Waals surface area contributed by atoms with E-state index >= 15 is 0 Å². The van der Waals surface area contributed by atoms with Crippen molar-refractivity contribution >= 4 is 56.6 Å². The lowest BCUT2D eigenvalue weighted by molar-refractivity contribution is -0.132. The zero-order valence-corrected chi connectivity index (χ0v) is 19.2. The van der Waals surface area contributed by atoms with Crippen molar-refractivity contribution in [3.63, 3.8) is 0 Å². The molecule has 0 aliphatic heterocycles. The fraction of sp³-hybridized carbons (Fsp3) is 0.250. The molecular weight excluding hydrogens is 465 g/mol. The second-order valence-electron chi connectivity index (χ2n) is 5.78. The van der Waals surface area contributed by atoms with E-state index < -0.39 is 5.97 Å². The summed E-state index contributed by atoms with van der Waals surface area (Å²) in [4.78, 5) is 19.1. The van der Waals surface area contributed by atoms with Gasteiger partial charge in [0.25, 0.3) is 0 Å². The van der Waals surface area contributed by atoms with E-state index in [1.54, 1.807) is 32.2 Å². The first-order valence-electron chi connectivity index (χ1n) is 8.43. The lowest BCUT2D eigenvalue weighted by Gasteiger charge is -2.08. The second-order valence-corrected chi connectivity index (χ2v) is 7.37. The number of benzene rings is 1. The number of amidine groups is 1. The Morgan fingerprint density at radius 3 is 2.46 bits per heavy atom. The molecule has 8 heteroatoms. The number of nitrogens with one attached hydrogen (secondary N) is 1. The van der Waals surface area contributed by atoms with Crippen molar-refractivity contribution < 1.29 is 9.90 Å². The molecule has 0 atom stereocenters. The van der Waals surface area contributed by atoms with Crippen LogP contribution in [0.4, 0.5) is 5.69 Å². The van der Waals surface area contributed by atoms with Gasteiger partial charge in [-0.25, -0.2) is 14.8 Å². The zero-order chi connectivity index (χ0) is 21.3. The minimum Gasteiger partial charge on any atom is -0.478 e.